The van der Waals surface area contributed by atoms with Crippen LogP contribution in [0.4, 0.5) is 13.2 Å². The fourth-order valence-electron chi connectivity index (χ4n) is 2.41. The van der Waals surface area contributed by atoms with Gasteiger partial charge in [0.2, 0.25) is 5.95 Å². The third-order valence-electron chi connectivity index (χ3n) is 3.62. The summed E-state index contributed by atoms with van der Waals surface area (Å²) < 4.78 is 40.3. The van der Waals surface area contributed by atoms with Gasteiger partial charge in [-0.2, -0.15) is 9.49 Å². The Bertz CT molecular complexity index is 726. The molecule has 0 unspecified atom stereocenters. The molecule has 0 bridgehead atoms. The lowest BCUT2D eigenvalue weighted by Crippen LogP contribution is -2.25. The summed E-state index contributed by atoms with van der Waals surface area (Å²) in [5, 5.41) is 5.87. The van der Waals surface area contributed by atoms with Gasteiger partial charge in [-0.05, 0) is 24.5 Å². The molecule has 124 valence electrons. The highest BCUT2D eigenvalue weighted by Crippen LogP contribution is 2.23. The number of aryl methyl sites for hydroxylation is 3. The Morgan fingerprint density at radius 1 is 1.35 bits per heavy atom. The molecular formula is C16H18F3N3O. The van der Waals surface area contributed by atoms with Gasteiger partial charge in [-0.15, -0.1) is 0 Å². The standard InChI is InChI=1S/C16H18F3N3O/c1-4-10-6-5-9(2)7-11(10)8-20-16(23)12-13(14(17)18)21-22(3)15(12)19/h5-7,14H,4,8H2,1-3H3,(H,20,23). The summed E-state index contributed by atoms with van der Waals surface area (Å²) in [6.45, 7) is 4.03. The van der Waals surface area contributed by atoms with Crippen LogP contribution in [0.25, 0.3) is 0 Å². The molecular weight excluding hydrogens is 307 g/mol. The molecule has 0 saturated heterocycles. The highest BCUT2D eigenvalue weighted by molar-refractivity contribution is 5.95. The Hall–Kier alpha value is -2.31. The second-order valence-corrected chi connectivity index (χ2v) is 5.28. The molecule has 0 spiro atoms. The van der Waals surface area contributed by atoms with Crippen LogP contribution in [0.15, 0.2) is 18.2 Å². The lowest BCUT2D eigenvalue weighted by molar-refractivity contribution is 0.0931. The van der Waals surface area contributed by atoms with Crippen molar-refractivity contribution in [1.29, 1.82) is 0 Å². The Labute approximate surface area is 132 Å². The minimum absolute atomic E-state index is 0.140. The zero-order valence-corrected chi connectivity index (χ0v) is 13.2. The molecule has 1 heterocycles. The number of carbonyl (C=O) groups excluding carboxylic acids is 1. The lowest BCUT2D eigenvalue weighted by atomic mass is 10.0. The van der Waals surface area contributed by atoms with E-state index in [9.17, 15) is 18.0 Å². The molecule has 1 N–H and O–H groups in total. The van der Waals surface area contributed by atoms with Gasteiger partial charge in [0, 0.05) is 13.6 Å². The van der Waals surface area contributed by atoms with Crippen molar-refractivity contribution < 1.29 is 18.0 Å². The van der Waals surface area contributed by atoms with Gasteiger partial charge < -0.3 is 5.32 Å². The quantitative estimate of drug-likeness (QED) is 0.917. The molecule has 1 amide bonds. The van der Waals surface area contributed by atoms with Crippen molar-refractivity contribution in [2.75, 3.05) is 0 Å². The van der Waals surface area contributed by atoms with E-state index >= 15 is 0 Å². The summed E-state index contributed by atoms with van der Waals surface area (Å²) in [5.74, 6) is -1.97. The highest BCUT2D eigenvalue weighted by atomic mass is 19.3. The Balaban J connectivity index is 2.23. The number of nitrogens with one attached hydrogen (secondary N) is 1. The number of hydrogen-bond donors (Lipinski definition) is 1. The average molecular weight is 325 g/mol. The van der Waals surface area contributed by atoms with Crippen LogP contribution < -0.4 is 5.32 Å². The molecule has 4 nitrogen and oxygen atoms in total. The summed E-state index contributed by atoms with van der Waals surface area (Å²) in [4.78, 5) is 12.1. The van der Waals surface area contributed by atoms with Crippen LogP contribution in [0.1, 0.15) is 46.1 Å². The number of halogens is 3. The van der Waals surface area contributed by atoms with Crippen molar-refractivity contribution in [2.45, 2.75) is 33.2 Å². The minimum atomic E-state index is -3.02. The van der Waals surface area contributed by atoms with E-state index in [0.29, 0.717) is 4.68 Å². The summed E-state index contributed by atoms with van der Waals surface area (Å²) in [7, 11) is 1.17. The molecule has 0 saturated carbocycles. The maximum atomic E-state index is 13.9. The molecule has 1 aromatic carbocycles. The monoisotopic (exact) mass is 325 g/mol. The van der Waals surface area contributed by atoms with Crippen LogP contribution in [0.3, 0.4) is 0 Å². The maximum Gasteiger partial charge on any atom is 0.283 e. The van der Waals surface area contributed by atoms with E-state index in [1.54, 1.807) is 0 Å². The van der Waals surface area contributed by atoms with Crippen molar-refractivity contribution in [3.05, 3.63) is 52.1 Å². The first kappa shape index (κ1) is 17.1. The van der Waals surface area contributed by atoms with Gasteiger partial charge in [-0.1, -0.05) is 30.7 Å². The van der Waals surface area contributed by atoms with E-state index in [1.807, 2.05) is 32.0 Å². The molecule has 0 aliphatic rings. The van der Waals surface area contributed by atoms with Gasteiger partial charge in [0.1, 0.15) is 11.3 Å². The summed E-state index contributed by atoms with van der Waals surface area (Å²) >= 11 is 0. The number of benzene rings is 1. The van der Waals surface area contributed by atoms with Crippen molar-refractivity contribution in [3.63, 3.8) is 0 Å². The van der Waals surface area contributed by atoms with E-state index < -0.39 is 29.5 Å². The van der Waals surface area contributed by atoms with Gasteiger partial charge in [-0.25, -0.2) is 13.5 Å². The maximum absolute atomic E-state index is 13.9. The predicted molar refractivity (Wildman–Crippen MR) is 79.9 cm³/mol. The molecule has 0 fully saturated rings. The van der Waals surface area contributed by atoms with Gasteiger partial charge in [0.05, 0.1) is 0 Å². The molecule has 0 atom stereocenters. The number of aromatic nitrogens is 2. The zero-order valence-electron chi connectivity index (χ0n) is 13.2. The van der Waals surface area contributed by atoms with Crippen LogP contribution in [0, 0.1) is 12.9 Å². The van der Waals surface area contributed by atoms with E-state index in [2.05, 4.69) is 10.4 Å². The highest BCUT2D eigenvalue weighted by Gasteiger charge is 2.28. The van der Waals surface area contributed by atoms with Crippen molar-refractivity contribution in [3.8, 4) is 0 Å². The third-order valence-corrected chi connectivity index (χ3v) is 3.62. The summed E-state index contributed by atoms with van der Waals surface area (Å²) in [5.41, 5.74) is 1.39. The number of rotatable bonds is 5. The second kappa shape index (κ2) is 6.85. The summed E-state index contributed by atoms with van der Waals surface area (Å²) in [6.07, 6.45) is -2.24. The lowest BCUT2D eigenvalue weighted by Gasteiger charge is -2.10. The van der Waals surface area contributed by atoms with Gasteiger partial charge in [0.25, 0.3) is 12.3 Å². The Kier molecular flexibility index (Phi) is 5.08. The van der Waals surface area contributed by atoms with Crippen LogP contribution in [-0.4, -0.2) is 15.7 Å². The van der Waals surface area contributed by atoms with Crippen molar-refractivity contribution in [2.24, 2.45) is 7.05 Å². The van der Waals surface area contributed by atoms with Crippen LogP contribution in [0.5, 0.6) is 0 Å². The molecule has 23 heavy (non-hydrogen) atoms. The second-order valence-electron chi connectivity index (χ2n) is 5.28. The fraction of sp³-hybridized carbons (Fsp3) is 0.375. The van der Waals surface area contributed by atoms with Crippen LogP contribution in [0.2, 0.25) is 0 Å². The SMILES string of the molecule is CCc1ccc(C)cc1CNC(=O)c1c(C(F)F)nn(C)c1F. The number of alkyl halides is 2. The number of nitrogens with zero attached hydrogens (tertiary/aromatic N) is 2. The largest absolute Gasteiger partial charge is 0.348 e. The zero-order chi connectivity index (χ0) is 17.1. The molecule has 7 heteroatoms. The molecule has 2 rings (SSSR count). The van der Waals surface area contributed by atoms with Gasteiger partial charge >= 0.3 is 0 Å². The molecule has 1 aromatic heterocycles. The van der Waals surface area contributed by atoms with Crippen LogP contribution >= 0.6 is 0 Å². The first-order valence-corrected chi connectivity index (χ1v) is 7.22. The van der Waals surface area contributed by atoms with Gasteiger partial charge in [0.15, 0.2) is 0 Å². The molecule has 2 aromatic rings. The smallest absolute Gasteiger partial charge is 0.283 e. The van der Waals surface area contributed by atoms with E-state index in [0.717, 1.165) is 23.1 Å². The average Bonchev–Trinajstić information content (AvgIpc) is 2.81. The predicted octanol–water partition coefficient (Wildman–Crippen LogP) is 3.30. The topological polar surface area (TPSA) is 46.9 Å². The Morgan fingerprint density at radius 2 is 2.04 bits per heavy atom. The van der Waals surface area contributed by atoms with Crippen molar-refractivity contribution in [1.82, 2.24) is 15.1 Å². The fourth-order valence-corrected chi connectivity index (χ4v) is 2.41. The van der Waals surface area contributed by atoms with E-state index in [1.165, 1.54) is 7.05 Å². The van der Waals surface area contributed by atoms with Gasteiger partial charge in [-0.3, -0.25) is 4.79 Å². The minimum Gasteiger partial charge on any atom is -0.348 e. The van der Waals surface area contributed by atoms with Crippen LogP contribution in [-0.2, 0) is 20.0 Å². The summed E-state index contributed by atoms with van der Waals surface area (Å²) in [6, 6.07) is 5.82. The van der Waals surface area contributed by atoms with Crippen molar-refractivity contribution >= 4 is 5.91 Å². The number of carbonyl (C=O) groups is 1. The van der Waals surface area contributed by atoms with E-state index in [-0.39, 0.29) is 6.54 Å². The molecule has 0 aliphatic heterocycles. The first-order valence-electron chi connectivity index (χ1n) is 7.22. The molecule has 0 aliphatic carbocycles. The normalized spacial score (nSPS) is 11.1. The molecule has 0 radical (unpaired) electrons. The third kappa shape index (κ3) is 3.55. The number of hydrogen-bond acceptors (Lipinski definition) is 2. The first-order chi connectivity index (χ1) is 10.8. The van der Waals surface area contributed by atoms with E-state index in [4.69, 9.17) is 0 Å². The Morgan fingerprint density at radius 3 is 2.65 bits per heavy atom. The number of amides is 1.